The molecule has 0 saturated carbocycles. The minimum atomic E-state index is -0.774. The van der Waals surface area contributed by atoms with Crippen molar-refractivity contribution in [2.75, 3.05) is 5.32 Å². The average Bonchev–Trinajstić information content (AvgIpc) is 2.40. The number of carbonyl (C=O) groups is 1. The molecule has 19 heavy (non-hydrogen) atoms. The van der Waals surface area contributed by atoms with Gasteiger partial charge in [0.15, 0.2) is 0 Å². The largest absolute Gasteiger partial charge is 0.388 e. The van der Waals surface area contributed by atoms with Crippen molar-refractivity contribution in [3.05, 3.63) is 65.7 Å². The number of anilines is 1. The SMILES string of the molecule is Cc1ccc([C@@H](O)CC(=O)Nc2ccccc2)cc1. The van der Waals surface area contributed by atoms with E-state index in [9.17, 15) is 9.90 Å². The number of aryl methyl sites for hydroxylation is 1. The lowest BCUT2D eigenvalue weighted by Gasteiger charge is -2.11. The van der Waals surface area contributed by atoms with Gasteiger partial charge in [-0.1, -0.05) is 48.0 Å². The molecular weight excluding hydrogens is 238 g/mol. The molecule has 0 unspecified atom stereocenters. The molecule has 0 radical (unpaired) electrons. The van der Waals surface area contributed by atoms with Crippen LogP contribution in [-0.2, 0) is 4.79 Å². The lowest BCUT2D eigenvalue weighted by atomic mass is 10.0. The molecule has 0 aromatic heterocycles. The maximum absolute atomic E-state index is 11.8. The molecular formula is C16H17NO2. The molecule has 3 nitrogen and oxygen atoms in total. The Morgan fingerprint density at radius 1 is 1.11 bits per heavy atom. The third kappa shape index (κ3) is 3.93. The summed E-state index contributed by atoms with van der Waals surface area (Å²) in [6.07, 6.45) is -0.720. The molecule has 0 fully saturated rings. The molecule has 2 aromatic rings. The van der Waals surface area contributed by atoms with Gasteiger partial charge in [0.25, 0.3) is 0 Å². The van der Waals surface area contributed by atoms with E-state index in [-0.39, 0.29) is 12.3 Å². The first-order valence-electron chi connectivity index (χ1n) is 6.24. The molecule has 2 N–H and O–H groups in total. The van der Waals surface area contributed by atoms with E-state index in [0.29, 0.717) is 0 Å². The maximum atomic E-state index is 11.8. The van der Waals surface area contributed by atoms with E-state index in [4.69, 9.17) is 0 Å². The molecule has 0 aliphatic heterocycles. The van der Waals surface area contributed by atoms with Gasteiger partial charge in [-0.15, -0.1) is 0 Å². The van der Waals surface area contributed by atoms with Gasteiger partial charge in [0, 0.05) is 5.69 Å². The van der Waals surface area contributed by atoms with Gasteiger partial charge in [-0.05, 0) is 24.6 Å². The highest BCUT2D eigenvalue weighted by atomic mass is 16.3. The van der Waals surface area contributed by atoms with E-state index in [1.54, 1.807) is 0 Å². The van der Waals surface area contributed by atoms with Gasteiger partial charge in [0.05, 0.1) is 12.5 Å². The van der Waals surface area contributed by atoms with Gasteiger partial charge in [0.2, 0.25) is 5.91 Å². The van der Waals surface area contributed by atoms with E-state index >= 15 is 0 Å². The van der Waals surface area contributed by atoms with Gasteiger partial charge >= 0.3 is 0 Å². The van der Waals surface area contributed by atoms with Crippen molar-refractivity contribution in [1.82, 2.24) is 0 Å². The molecule has 0 aliphatic carbocycles. The van der Waals surface area contributed by atoms with Crippen molar-refractivity contribution in [3.63, 3.8) is 0 Å². The summed E-state index contributed by atoms with van der Waals surface area (Å²) in [7, 11) is 0. The van der Waals surface area contributed by atoms with Gasteiger partial charge < -0.3 is 10.4 Å². The van der Waals surface area contributed by atoms with Crippen LogP contribution in [0.2, 0.25) is 0 Å². The monoisotopic (exact) mass is 255 g/mol. The Hall–Kier alpha value is -2.13. The number of para-hydroxylation sites is 1. The van der Waals surface area contributed by atoms with Crippen molar-refractivity contribution in [1.29, 1.82) is 0 Å². The quantitative estimate of drug-likeness (QED) is 0.882. The van der Waals surface area contributed by atoms with Crippen LogP contribution in [0.1, 0.15) is 23.7 Å². The highest BCUT2D eigenvalue weighted by molar-refractivity contribution is 5.91. The molecule has 0 bridgehead atoms. The first-order valence-corrected chi connectivity index (χ1v) is 6.24. The summed E-state index contributed by atoms with van der Waals surface area (Å²) < 4.78 is 0. The number of benzene rings is 2. The van der Waals surface area contributed by atoms with Crippen LogP contribution in [0, 0.1) is 6.92 Å². The predicted octanol–water partition coefficient (Wildman–Crippen LogP) is 3.06. The number of aliphatic hydroxyl groups is 1. The Labute approximate surface area is 112 Å². The summed E-state index contributed by atoms with van der Waals surface area (Å²) in [4.78, 5) is 11.8. The second-order valence-electron chi connectivity index (χ2n) is 4.54. The van der Waals surface area contributed by atoms with E-state index in [2.05, 4.69) is 5.32 Å². The molecule has 2 rings (SSSR count). The normalized spacial score (nSPS) is 11.9. The van der Waals surface area contributed by atoms with Crippen LogP contribution in [0.15, 0.2) is 54.6 Å². The van der Waals surface area contributed by atoms with E-state index in [1.807, 2.05) is 61.5 Å². The maximum Gasteiger partial charge on any atom is 0.227 e. The minimum absolute atomic E-state index is 0.0535. The fraction of sp³-hybridized carbons (Fsp3) is 0.188. The summed E-state index contributed by atoms with van der Waals surface area (Å²) in [6.45, 7) is 1.98. The van der Waals surface area contributed by atoms with Gasteiger partial charge in [0.1, 0.15) is 0 Å². The summed E-state index contributed by atoms with van der Waals surface area (Å²) >= 11 is 0. The molecule has 3 heteroatoms. The van der Waals surface area contributed by atoms with E-state index < -0.39 is 6.10 Å². The van der Waals surface area contributed by atoms with Crippen LogP contribution in [0.25, 0.3) is 0 Å². The smallest absolute Gasteiger partial charge is 0.227 e. The van der Waals surface area contributed by atoms with Gasteiger partial charge in [-0.3, -0.25) is 4.79 Å². The highest BCUT2D eigenvalue weighted by Gasteiger charge is 2.12. The fourth-order valence-corrected chi connectivity index (χ4v) is 1.82. The highest BCUT2D eigenvalue weighted by Crippen LogP contribution is 2.18. The second-order valence-corrected chi connectivity index (χ2v) is 4.54. The van der Waals surface area contributed by atoms with Crippen LogP contribution in [-0.4, -0.2) is 11.0 Å². The summed E-state index contributed by atoms with van der Waals surface area (Å²) in [6, 6.07) is 16.8. The molecule has 1 amide bonds. The van der Waals surface area contributed by atoms with E-state index in [1.165, 1.54) is 0 Å². The Balaban J connectivity index is 1.93. The standard InChI is InChI=1S/C16H17NO2/c1-12-7-9-13(10-8-12)15(18)11-16(19)17-14-5-3-2-4-6-14/h2-10,15,18H,11H2,1H3,(H,17,19)/t15-/m0/s1. The lowest BCUT2D eigenvalue weighted by molar-refractivity contribution is -0.118. The average molecular weight is 255 g/mol. The number of amides is 1. The zero-order chi connectivity index (χ0) is 13.7. The van der Waals surface area contributed by atoms with Crippen LogP contribution in [0.5, 0.6) is 0 Å². The summed E-state index contributed by atoms with van der Waals surface area (Å²) in [5, 5.41) is 12.8. The zero-order valence-electron chi connectivity index (χ0n) is 10.8. The third-order valence-corrected chi connectivity index (χ3v) is 2.90. The van der Waals surface area contributed by atoms with Crippen LogP contribution < -0.4 is 5.32 Å². The van der Waals surface area contributed by atoms with Crippen LogP contribution >= 0.6 is 0 Å². The van der Waals surface area contributed by atoms with Crippen molar-refractivity contribution in [2.24, 2.45) is 0 Å². The first-order chi connectivity index (χ1) is 9.15. The van der Waals surface area contributed by atoms with Gasteiger partial charge in [-0.2, -0.15) is 0 Å². The third-order valence-electron chi connectivity index (χ3n) is 2.90. The van der Waals surface area contributed by atoms with Crippen molar-refractivity contribution in [3.8, 4) is 0 Å². The number of nitrogens with one attached hydrogen (secondary N) is 1. The first kappa shape index (κ1) is 13.3. The summed E-state index contributed by atoms with van der Waals surface area (Å²) in [5.74, 6) is -0.195. The van der Waals surface area contributed by atoms with E-state index in [0.717, 1.165) is 16.8 Å². The molecule has 0 aliphatic rings. The van der Waals surface area contributed by atoms with Crippen molar-refractivity contribution in [2.45, 2.75) is 19.4 Å². The molecule has 0 spiro atoms. The Kier molecular flexibility index (Phi) is 4.31. The number of hydrogen-bond acceptors (Lipinski definition) is 2. The Morgan fingerprint density at radius 3 is 2.37 bits per heavy atom. The minimum Gasteiger partial charge on any atom is -0.388 e. The van der Waals surface area contributed by atoms with Crippen molar-refractivity contribution < 1.29 is 9.90 Å². The molecule has 2 aromatic carbocycles. The zero-order valence-corrected chi connectivity index (χ0v) is 10.8. The van der Waals surface area contributed by atoms with Crippen LogP contribution in [0.4, 0.5) is 5.69 Å². The number of rotatable bonds is 4. The molecule has 0 heterocycles. The Bertz CT molecular complexity index is 534. The van der Waals surface area contributed by atoms with Gasteiger partial charge in [-0.25, -0.2) is 0 Å². The van der Waals surface area contributed by atoms with Crippen molar-refractivity contribution >= 4 is 11.6 Å². The second kappa shape index (κ2) is 6.16. The number of aliphatic hydroxyl groups excluding tert-OH is 1. The van der Waals surface area contributed by atoms with Crippen LogP contribution in [0.3, 0.4) is 0 Å². The number of carbonyl (C=O) groups excluding carboxylic acids is 1. The molecule has 1 atom stereocenters. The number of hydrogen-bond donors (Lipinski definition) is 2. The summed E-state index contributed by atoms with van der Waals surface area (Å²) in [5.41, 5.74) is 2.63. The molecule has 98 valence electrons. The Morgan fingerprint density at radius 2 is 1.74 bits per heavy atom. The fourth-order valence-electron chi connectivity index (χ4n) is 1.82. The lowest BCUT2D eigenvalue weighted by Crippen LogP contribution is -2.15. The molecule has 0 saturated heterocycles. The topological polar surface area (TPSA) is 49.3 Å². The predicted molar refractivity (Wildman–Crippen MR) is 75.8 cm³/mol.